The molecular formula is C20H28N4O3. The van der Waals surface area contributed by atoms with E-state index in [1.165, 1.54) is 0 Å². The maximum Gasteiger partial charge on any atom is 0.319 e. The lowest BCUT2D eigenvalue weighted by Crippen LogP contribution is -2.59. The molecule has 2 aliphatic heterocycles. The number of piperazine rings is 1. The number of likely N-dealkylation sites (tertiary alicyclic amines) is 1. The number of amides is 4. The van der Waals surface area contributed by atoms with Gasteiger partial charge in [-0.15, -0.1) is 0 Å². The molecule has 1 N–H and O–H groups in total. The van der Waals surface area contributed by atoms with Crippen LogP contribution in [0.25, 0.3) is 0 Å². The van der Waals surface area contributed by atoms with Crippen LogP contribution in [0.15, 0.2) is 30.3 Å². The molecule has 27 heavy (non-hydrogen) atoms. The molecule has 4 amide bonds. The second kappa shape index (κ2) is 8.41. The van der Waals surface area contributed by atoms with Gasteiger partial charge < -0.3 is 20.0 Å². The second-order valence-corrected chi connectivity index (χ2v) is 7.47. The molecule has 1 atom stereocenters. The van der Waals surface area contributed by atoms with Crippen LogP contribution in [0.4, 0.5) is 4.79 Å². The maximum absolute atomic E-state index is 13.1. The number of carbonyl (C=O) groups is 3. The summed E-state index contributed by atoms with van der Waals surface area (Å²) >= 11 is 0. The highest BCUT2D eigenvalue weighted by atomic mass is 16.2. The van der Waals surface area contributed by atoms with Gasteiger partial charge >= 0.3 is 6.03 Å². The van der Waals surface area contributed by atoms with E-state index in [1.807, 2.05) is 30.3 Å². The summed E-state index contributed by atoms with van der Waals surface area (Å²) in [5, 5.41) is 2.88. The Labute approximate surface area is 160 Å². The molecule has 2 saturated heterocycles. The number of urea groups is 1. The summed E-state index contributed by atoms with van der Waals surface area (Å²) in [6.45, 7) is 2.19. The van der Waals surface area contributed by atoms with Crippen LogP contribution < -0.4 is 5.32 Å². The van der Waals surface area contributed by atoms with Crippen LogP contribution in [0.5, 0.6) is 0 Å². The smallest absolute Gasteiger partial charge is 0.319 e. The quantitative estimate of drug-likeness (QED) is 0.859. The number of nitrogens with zero attached hydrogens (tertiary/aromatic N) is 3. The SMILES string of the molecule is CN(C)C(=O)N1CCC(C(=O)N2CCNC(=O)C2Cc2ccccc2)CC1. The summed E-state index contributed by atoms with van der Waals surface area (Å²) in [5.74, 6) is -0.165. The van der Waals surface area contributed by atoms with Gasteiger partial charge in [0.1, 0.15) is 6.04 Å². The fraction of sp³-hybridized carbons (Fsp3) is 0.550. The van der Waals surface area contributed by atoms with Crippen LogP contribution in [-0.2, 0) is 16.0 Å². The molecule has 0 bridgehead atoms. The molecule has 7 heteroatoms. The van der Waals surface area contributed by atoms with E-state index in [9.17, 15) is 14.4 Å². The molecule has 3 rings (SSSR count). The summed E-state index contributed by atoms with van der Waals surface area (Å²) < 4.78 is 0. The predicted molar refractivity (Wildman–Crippen MR) is 102 cm³/mol. The first kappa shape index (κ1) is 19.2. The molecule has 0 spiro atoms. The Hall–Kier alpha value is -2.57. The highest BCUT2D eigenvalue weighted by Gasteiger charge is 2.37. The van der Waals surface area contributed by atoms with E-state index in [4.69, 9.17) is 0 Å². The Kier molecular flexibility index (Phi) is 5.98. The molecule has 1 aromatic carbocycles. The first-order valence-corrected chi connectivity index (χ1v) is 9.55. The van der Waals surface area contributed by atoms with E-state index in [2.05, 4.69) is 5.32 Å². The first-order valence-electron chi connectivity index (χ1n) is 9.55. The molecule has 2 heterocycles. The number of hydrogen-bond acceptors (Lipinski definition) is 3. The third kappa shape index (κ3) is 4.40. The van der Waals surface area contributed by atoms with Crippen molar-refractivity contribution >= 4 is 17.8 Å². The highest BCUT2D eigenvalue weighted by Crippen LogP contribution is 2.23. The van der Waals surface area contributed by atoms with E-state index in [1.54, 1.807) is 28.8 Å². The van der Waals surface area contributed by atoms with Crippen LogP contribution in [-0.4, -0.2) is 78.9 Å². The molecule has 146 valence electrons. The molecule has 0 radical (unpaired) electrons. The lowest BCUT2D eigenvalue weighted by Gasteiger charge is -2.39. The van der Waals surface area contributed by atoms with Gasteiger partial charge in [-0.25, -0.2) is 4.79 Å². The van der Waals surface area contributed by atoms with Gasteiger partial charge in [0.25, 0.3) is 0 Å². The zero-order chi connectivity index (χ0) is 19.4. The number of piperidine rings is 1. The zero-order valence-corrected chi connectivity index (χ0v) is 16.1. The van der Waals surface area contributed by atoms with Crippen molar-refractivity contribution in [3.63, 3.8) is 0 Å². The van der Waals surface area contributed by atoms with Gasteiger partial charge in [0.2, 0.25) is 11.8 Å². The normalized spacial score (nSPS) is 21.0. The Bertz CT molecular complexity index is 684. The number of benzene rings is 1. The van der Waals surface area contributed by atoms with Crippen molar-refractivity contribution in [2.24, 2.45) is 5.92 Å². The molecule has 1 aromatic rings. The van der Waals surface area contributed by atoms with Crippen LogP contribution in [0.2, 0.25) is 0 Å². The number of nitrogens with one attached hydrogen (secondary N) is 1. The van der Waals surface area contributed by atoms with Crippen LogP contribution in [0.1, 0.15) is 18.4 Å². The molecule has 0 aliphatic carbocycles. The fourth-order valence-corrected chi connectivity index (χ4v) is 3.85. The Morgan fingerprint density at radius 2 is 1.78 bits per heavy atom. The van der Waals surface area contributed by atoms with Crippen molar-refractivity contribution in [2.45, 2.75) is 25.3 Å². The Morgan fingerprint density at radius 3 is 2.41 bits per heavy atom. The summed E-state index contributed by atoms with van der Waals surface area (Å²) in [5.41, 5.74) is 1.05. The average Bonchev–Trinajstić information content (AvgIpc) is 2.69. The van der Waals surface area contributed by atoms with E-state index in [0.717, 1.165) is 5.56 Å². The van der Waals surface area contributed by atoms with Gasteiger partial charge in [-0.1, -0.05) is 30.3 Å². The number of carbonyl (C=O) groups excluding carboxylic acids is 3. The van der Waals surface area contributed by atoms with Crippen molar-refractivity contribution in [1.82, 2.24) is 20.0 Å². The van der Waals surface area contributed by atoms with E-state index < -0.39 is 6.04 Å². The van der Waals surface area contributed by atoms with Crippen molar-refractivity contribution < 1.29 is 14.4 Å². The highest BCUT2D eigenvalue weighted by molar-refractivity contribution is 5.90. The molecule has 2 aliphatic rings. The summed E-state index contributed by atoms with van der Waals surface area (Å²) in [7, 11) is 3.47. The van der Waals surface area contributed by atoms with Crippen LogP contribution >= 0.6 is 0 Å². The maximum atomic E-state index is 13.1. The summed E-state index contributed by atoms with van der Waals surface area (Å²) in [6.07, 6.45) is 1.82. The first-order chi connectivity index (χ1) is 13.0. The van der Waals surface area contributed by atoms with Gasteiger partial charge in [0, 0.05) is 52.6 Å². The molecular weight excluding hydrogens is 344 g/mol. The minimum Gasteiger partial charge on any atom is -0.353 e. The van der Waals surface area contributed by atoms with Crippen molar-refractivity contribution in [3.8, 4) is 0 Å². The molecule has 2 fully saturated rings. The molecule has 0 saturated carbocycles. The monoisotopic (exact) mass is 372 g/mol. The Balaban J connectivity index is 1.65. The minimum absolute atomic E-state index is 0.0137. The lowest BCUT2D eigenvalue weighted by molar-refractivity contribution is -0.147. The van der Waals surface area contributed by atoms with Crippen LogP contribution in [0, 0.1) is 5.92 Å². The molecule has 1 unspecified atom stereocenters. The lowest BCUT2D eigenvalue weighted by atomic mass is 9.93. The third-order valence-corrected chi connectivity index (χ3v) is 5.38. The van der Waals surface area contributed by atoms with E-state index in [0.29, 0.717) is 45.4 Å². The topological polar surface area (TPSA) is 73.0 Å². The van der Waals surface area contributed by atoms with E-state index >= 15 is 0 Å². The fourth-order valence-electron chi connectivity index (χ4n) is 3.85. The van der Waals surface area contributed by atoms with Gasteiger partial charge in [-0.05, 0) is 18.4 Å². The largest absolute Gasteiger partial charge is 0.353 e. The summed E-state index contributed by atoms with van der Waals surface area (Å²) in [6, 6.07) is 9.32. The van der Waals surface area contributed by atoms with Crippen molar-refractivity contribution in [2.75, 3.05) is 40.3 Å². The predicted octanol–water partition coefficient (Wildman–Crippen LogP) is 0.950. The van der Waals surface area contributed by atoms with Gasteiger partial charge in [0.05, 0.1) is 0 Å². The number of rotatable bonds is 3. The number of hydrogen-bond donors (Lipinski definition) is 1. The molecule has 7 nitrogen and oxygen atoms in total. The van der Waals surface area contributed by atoms with Crippen LogP contribution in [0.3, 0.4) is 0 Å². The van der Waals surface area contributed by atoms with E-state index in [-0.39, 0.29) is 23.8 Å². The molecule has 0 aromatic heterocycles. The van der Waals surface area contributed by atoms with Gasteiger partial charge in [0.15, 0.2) is 0 Å². The van der Waals surface area contributed by atoms with Crippen molar-refractivity contribution in [3.05, 3.63) is 35.9 Å². The standard InChI is InChI=1S/C20H28N4O3/c1-22(2)20(27)23-11-8-16(9-12-23)19(26)24-13-10-21-18(25)17(24)14-15-6-4-3-5-7-15/h3-7,16-17H,8-14H2,1-2H3,(H,21,25). The average molecular weight is 372 g/mol. The third-order valence-electron chi connectivity index (χ3n) is 5.38. The minimum atomic E-state index is -0.463. The Morgan fingerprint density at radius 1 is 1.11 bits per heavy atom. The summed E-state index contributed by atoms with van der Waals surface area (Å²) in [4.78, 5) is 42.8. The second-order valence-electron chi connectivity index (χ2n) is 7.47. The van der Waals surface area contributed by atoms with Gasteiger partial charge in [-0.2, -0.15) is 0 Å². The zero-order valence-electron chi connectivity index (χ0n) is 16.1. The van der Waals surface area contributed by atoms with Gasteiger partial charge in [-0.3, -0.25) is 9.59 Å². The van der Waals surface area contributed by atoms with Crippen molar-refractivity contribution in [1.29, 1.82) is 0 Å².